The number of aliphatic hydroxyl groups excluding tert-OH is 1. The predicted octanol–water partition coefficient (Wildman–Crippen LogP) is 4.85. The van der Waals surface area contributed by atoms with E-state index in [2.05, 4.69) is 20.8 Å². The predicted molar refractivity (Wildman–Crippen MR) is 207 cm³/mol. The molecule has 1 heterocycles. The third-order valence-electron chi connectivity index (χ3n) is 9.16. The Bertz CT molecular complexity index is 1760. The maximum absolute atomic E-state index is 14.3. The molecular weight excluding hydrogens is 733 g/mol. The van der Waals surface area contributed by atoms with Crippen molar-refractivity contribution in [2.24, 2.45) is 11.1 Å². The van der Waals surface area contributed by atoms with Gasteiger partial charge in [0.05, 0.1) is 47.6 Å². The lowest BCUT2D eigenvalue weighted by Crippen LogP contribution is -2.60. The largest absolute Gasteiger partial charge is 0.390 e. The highest BCUT2D eigenvalue weighted by Gasteiger charge is 2.37. The highest BCUT2D eigenvalue weighted by molar-refractivity contribution is 7.89. The van der Waals surface area contributed by atoms with E-state index in [0.717, 1.165) is 29.8 Å². The van der Waals surface area contributed by atoms with Crippen molar-refractivity contribution < 1.29 is 32.6 Å². The Hall–Kier alpha value is -3.80. The summed E-state index contributed by atoms with van der Waals surface area (Å²) in [5.41, 5.74) is 1.40. The number of carbonyl (C=O) groups excluding carboxylic acids is 2. The second kappa shape index (κ2) is 19.7. The number of carbonyl (C=O) groups is 2. The maximum atomic E-state index is 14.3. The molecule has 54 heavy (non-hydrogen) atoms. The Morgan fingerprint density at radius 2 is 1.76 bits per heavy atom. The number of hydrogen-bond donors (Lipinski definition) is 3. The molecule has 3 aromatic rings. The first kappa shape index (κ1) is 42.9. The Morgan fingerprint density at radius 3 is 2.35 bits per heavy atom. The van der Waals surface area contributed by atoms with E-state index in [4.69, 9.17) is 9.47 Å². The number of hydrogen-bond acceptors (Lipinski definition) is 11. The molecule has 0 unspecified atom stereocenters. The number of amides is 3. The lowest BCUT2D eigenvalue weighted by molar-refractivity contribution is -0.132. The number of benzene rings is 2. The molecule has 296 valence electrons. The van der Waals surface area contributed by atoms with Crippen molar-refractivity contribution in [1.29, 1.82) is 0 Å². The topological polar surface area (TPSA) is 180 Å². The van der Waals surface area contributed by atoms with Gasteiger partial charge in [0.1, 0.15) is 17.6 Å². The first-order valence-electron chi connectivity index (χ1n) is 18.1. The molecule has 0 radical (unpaired) electrons. The second-order valence-corrected chi connectivity index (χ2v) is 17.7. The quantitative estimate of drug-likeness (QED) is 0.135. The fourth-order valence-corrected chi connectivity index (χ4v) is 8.46. The second-order valence-electron chi connectivity index (χ2n) is 14.8. The van der Waals surface area contributed by atoms with Gasteiger partial charge in [0.25, 0.3) is 0 Å². The summed E-state index contributed by atoms with van der Waals surface area (Å²) in [4.78, 5) is 44.5. The summed E-state index contributed by atoms with van der Waals surface area (Å²) in [6.07, 6.45) is 0.782. The van der Waals surface area contributed by atoms with Crippen molar-refractivity contribution in [2.45, 2.75) is 108 Å². The van der Waals surface area contributed by atoms with E-state index < -0.39 is 51.9 Å². The molecule has 0 aliphatic heterocycles. The first-order chi connectivity index (χ1) is 25.6. The van der Waals surface area contributed by atoms with Crippen LogP contribution in [-0.4, -0.2) is 96.8 Å². The van der Waals surface area contributed by atoms with Gasteiger partial charge in [-0.3, -0.25) is 4.79 Å². The summed E-state index contributed by atoms with van der Waals surface area (Å²) in [5, 5.41) is 23.2. The van der Waals surface area contributed by atoms with Crippen molar-refractivity contribution >= 4 is 33.3 Å². The van der Waals surface area contributed by atoms with Crippen LogP contribution in [0, 0.1) is 10.8 Å². The zero-order valence-electron chi connectivity index (χ0n) is 31.9. The third-order valence-corrected chi connectivity index (χ3v) is 11.9. The highest BCUT2D eigenvalue weighted by Crippen LogP contribution is 2.30. The molecule has 1 aliphatic carbocycles. The lowest BCUT2D eigenvalue weighted by Gasteiger charge is -2.36. The third kappa shape index (κ3) is 12.6. The van der Waals surface area contributed by atoms with Gasteiger partial charge >= 0.3 is 6.03 Å². The summed E-state index contributed by atoms with van der Waals surface area (Å²) in [5.74, 6) is -0.465. The van der Waals surface area contributed by atoms with Gasteiger partial charge in [0.15, 0.2) is 0 Å². The molecule has 0 bridgehead atoms. The number of nitrogens with one attached hydrogen (secondary N) is 2. The molecule has 1 fully saturated rings. The lowest BCUT2D eigenvalue weighted by atomic mass is 9.85. The molecule has 16 heteroatoms. The van der Waals surface area contributed by atoms with Crippen LogP contribution in [0.4, 0.5) is 4.79 Å². The maximum Gasteiger partial charge on any atom is 0.318 e. The van der Waals surface area contributed by atoms with Gasteiger partial charge in [-0.05, 0) is 76.1 Å². The van der Waals surface area contributed by atoms with Crippen molar-refractivity contribution in [3.05, 3.63) is 86.7 Å². The van der Waals surface area contributed by atoms with Gasteiger partial charge in [0.2, 0.25) is 15.9 Å². The van der Waals surface area contributed by atoms with Gasteiger partial charge < -0.3 is 30.1 Å². The van der Waals surface area contributed by atoms with Crippen LogP contribution in [-0.2, 0) is 50.4 Å². The van der Waals surface area contributed by atoms with Gasteiger partial charge in [-0.25, -0.2) is 18.2 Å². The Labute approximate surface area is 322 Å². The average Bonchev–Trinajstić information content (AvgIpc) is 3.54. The van der Waals surface area contributed by atoms with Crippen molar-refractivity contribution in [2.75, 3.05) is 27.2 Å². The van der Waals surface area contributed by atoms with Crippen LogP contribution in [0.5, 0.6) is 0 Å². The van der Waals surface area contributed by atoms with E-state index in [9.17, 15) is 28.0 Å². The normalized spacial score (nSPS) is 15.9. The molecule has 1 saturated carbocycles. The number of thiazole rings is 1. The van der Waals surface area contributed by atoms with Crippen molar-refractivity contribution in [3.63, 3.8) is 0 Å². The van der Waals surface area contributed by atoms with E-state index >= 15 is 0 Å². The number of aliphatic hydroxyl groups is 1. The molecule has 0 saturated heterocycles. The van der Waals surface area contributed by atoms with Crippen LogP contribution >= 0.6 is 11.3 Å². The molecule has 4 atom stereocenters. The summed E-state index contributed by atoms with van der Waals surface area (Å²) >= 11 is 1.42. The van der Waals surface area contributed by atoms with Crippen LogP contribution in [0.1, 0.15) is 68.8 Å². The minimum Gasteiger partial charge on any atom is -0.390 e. The molecule has 1 aromatic heterocycles. The van der Waals surface area contributed by atoms with E-state index in [1.54, 1.807) is 33.2 Å². The van der Waals surface area contributed by atoms with Crippen LogP contribution in [0.25, 0.3) is 0 Å². The minimum atomic E-state index is -4.08. The summed E-state index contributed by atoms with van der Waals surface area (Å²) < 4.78 is 40.7. The zero-order chi connectivity index (χ0) is 39.5. The summed E-state index contributed by atoms with van der Waals surface area (Å²) in [7, 11) is -0.898. The van der Waals surface area contributed by atoms with Crippen LogP contribution in [0.3, 0.4) is 0 Å². The number of nitrogens with zero attached hydrogens (tertiary/aromatic N) is 4. The SMILES string of the molecule is COCc1nc(CN(C)C(=O)N[C@H](C(=O)N[C@@H](Cc2ccccc2)[C@H](O)CN(CC2CCC2)S(=O)(=O)c2ccc(CN=O)cc2)[C@@H](C)OC(C)(C)C)cs1. The number of rotatable bonds is 20. The van der Waals surface area contributed by atoms with Gasteiger partial charge in [-0.1, -0.05) is 54.1 Å². The molecule has 3 N–H and O–H groups in total. The van der Waals surface area contributed by atoms with Crippen LogP contribution in [0.15, 0.2) is 70.0 Å². The van der Waals surface area contributed by atoms with E-state index in [1.807, 2.05) is 56.5 Å². The fraction of sp³-hybridized carbons (Fsp3) is 0.553. The average molecular weight is 787 g/mol. The Morgan fingerprint density at radius 1 is 1.07 bits per heavy atom. The molecule has 3 amide bonds. The summed E-state index contributed by atoms with van der Waals surface area (Å²) in [6, 6.07) is 12.6. The number of sulfonamides is 1. The molecule has 2 aromatic carbocycles. The molecule has 0 spiro atoms. The minimum absolute atomic E-state index is 0.0277. The smallest absolute Gasteiger partial charge is 0.318 e. The standard InChI is InChI=1S/C38H54N6O8S2/c1-26(52-38(2,3)4)35(42-37(47)43(5)22-30-25-53-34(40-30)24-51-6)36(46)41-32(19-27-11-8-7-9-12-27)33(45)23-44(21-29-13-10-14-29)54(49,50)31-17-15-28(16-18-31)20-39-48/h7-9,11-12,15-18,25-26,29,32-33,35,45H,10,13-14,19-24H2,1-6H3,(H,41,46)(H,42,47)/t26-,32+,33-,35+/m1/s1. The summed E-state index contributed by atoms with van der Waals surface area (Å²) in [6.45, 7) is 7.61. The zero-order valence-corrected chi connectivity index (χ0v) is 33.6. The van der Waals surface area contributed by atoms with E-state index in [-0.39, 0.29) is 43.4 Å². The number of nitroso groups, excluding NO2 is 1. The number of aromatic nitrogens is 1. The molecule has 1 aliphatic rings. The highest BCUT2D eigenvalue weighted by atomic mass is 32.2. The Balaban J connectivity index is 1.59. The monoisotopic (exact) mass is 786 g/mol. The molecule has 4 rings (SSSR count). The van der Waals surface area contributed by atoms with Gasteiger partial charge in [0, 0.05) is 32.6 Å². The molecular formula is C38H54N6O8S2. The van der Waals surface area contributed by atoms with E-state index in [0.29, 0.717) is 17.9 Å². The molecule has 14 nitrogen and oxygen atoms in total. The van der Waals surface area contributed by atoms with Crippen LogP contribution in [0.2, 0.25) is 0 Å². The Kier molecular flexibility index (Phi) is 15.7. The number of urea groups is 1. The van der Waals surface area contributed by atoms with E-state index in [1.165, 1.54) is 32.7 Å². The number of methoxy groups -OCH3 is 1. The van der Waals surface area contributed by atoms with Crippen molar-refractivity contribution in [3.8, 4) is 0 Å². The first-order valence-corrected chi connectivity index (χ1v) is 20.4. The van der Waals surface area contributed by atoms with Crippen molar-refractivity contribution in [1.82, 2.24) is 24.8 Å². The van der Waals surface area contributed by atoms with Gasteiger partial charge in [-0.15, -0.1) is 11.3 Å². The fourth-order valence-electron chi connectivity index (χ4n) is 6.18. The van der Waals surface area contributed by atoms with Gasteiger partial charge in [-0.2, -0.15) is 9.21 Å². The number of ether oxygens (including phenoxy) is 2. The van der Waals surface area contributed by atoms with Crippen LogP contribution < -0.4 is 10.6 Å².